The van der Waals surface area contributed by atoms with Crippen molar-refractivity contribution in [3.8, 4) is 0 Å². The first-order chi connectivity index (χ1) is 12.3. The number of imide groups is 1. The Balaban J connectivity index is 1.80. The second-order valence-electron chi connectivity index (χ2n) is 5.87. The van der Waals surface area contributed by atoms with E-state index in [4.69, 9.17) is 0 Å². The second kappa shape index (κ2) is 6.28. The molecule has 2 aromatic carbocycles. The van der Waals surface area contributed by atoms with Crippen LogP contribution >= 0.6 is 0 Å². The van der Waals surface area contributed by atoms with Crippen molar-refractivity contribution in [1.82, 2.24) is 10.6 Å². The van der Waals surface area contributed by atoms with E-state index in [0.29, 0.717) is 11.3 Å². The molecule has 4 amide bonds. The highest BCUT2D eigenvalue weighted by atomic mass is 16.6. The van der Waals surface area contributed by atoms with Gasteiger partial charge in [0, 0.05) is 23.4 Å². The summed E-state index contributed by atoms with van der Waals surface area (Å²) in [5.41, 5.74) is -0.174. The fourth-order valence-electron chi connectivity index (χ4n) is 2.59. The zero-order valence-electron chi connectivity index (χ0n) is 13.6. The van der Waals surface area contributed by atoms with Gasteiger partial charge in [0.1, 0.15) is 5.54 Å². The minimum absolute atomic E-state index is 0.112. The van der Waals surface area contributed by atoms with E-state index in [-0.39, 0.29) is 11.3 Å². The molecule has 0 aliphatic carbocycles. The van der Waals surface area contributed by atoms with Gasteiger partial charge in [-0.25, -0.2) is 4.79 Å². The molecule has 1 fully saturated rings. The van der Waals surface area contributed by atoms with Gasteiger partial charge in [0.2, 0.25) is 0 Å². The number of carbonyl (C=O) groups is 3. The SMILES string of the molecule is C[C@@]1(c2cccc(NC(=O)c3ccc([N+](=O)[O-])cc3)c2)NC(=O)NC1=O. The first kappa shape index (κ1) is 17.1. The van der Waals surface area contributed by atoms with Gasteiger partial charge in [-0.15, -0.1) is 0 Å². The average molecular weight is 354 g/mol. The summed E-state index contributed by atoms with van der Waals surface area (Å²) in [5.74, 6) is -0.941. The summed E-state index contributed by atoms with van der Waals surface area (Å²) in [5, 5.41) is 18.0. The summed E-state index contributed by atoms with van der Waals surface area (Å²) in [6.45, 7) is 1.56. The molecule has 0 saturated carbocycles. The molecular formula is C17H14N4O5. The number of nitro groups is 1. The molecule has 132 valence electrons. The maximum absolute atomic E-state index is 12.3. The van der Waals surface area contributed by atoms with Crippen molar-refractivity contribution >= 4 is 29.2 Å². The van der Waals surface area contributed by atoms with E-state index in [1.807, 2.05) is 0 Å². The third kappa shape index (κ3) is 3.09. The number of nitrogens with one attached hydrogen (secondary N) is 3. The average Bonchev–Trinajstić information content (AvgIpc) is 2.88. The first-order valence-electron chi connectivity index (χ1n) is 7.59. The van der Waals surface area contributed by atoms with Gasteiger partial charge in [0.15, 0.2) is 0 Å². The minimum Gasteiger partial charge on any atom is -0.322 e. The summed E-state index contributed by atoms with van der Waals surface area (Å²) in [7, 11) is 0. The molecule has 0 aromatic heterocycles. The zero-order chi connectivity index (χ0) is 18.9. The van der Waals surface area contributed by atoms with Crippen LogP contribution in [-0.2, 0) is 10.3 Å². The van der Waals surface area contributed by atoms with Crippen LogP contribution in [0.15, 0.2) is 48.5 Å². The molecule has 3 N–H and O–H groups in total. The number of benzene rings is 2. The molecule has 9 nitrogen and oxygen atoms in total. The van der Waals surface area contributed by atoms with Crippen LogP contribution in [0.25, 0.3) is 0 Å². The highest BCUT2D eigenvalue weighted by Crippen LogP contribution is 2.26. The number of anilines is 1. The molecule has 26 heavy (non-hydrogen) atoms. The molecule has 1 atom stereocenters. The van der Waals surface area contributed by atoms with Crippen LogP contribution in [0.3, 0.4) is 0 Å². The lowest BCUT2D eigenvalue weighted by Crippen LogP contribution is -2.40. The lowest BCUT2D eigenvalue weighted by Gasteiger charge is -2.21. The largest absolute Gasteiger partial charge is 0.322 e. The molecule has 1 aliphatic heterocycles. The van der Waals surface area contributed by atoms with E-state index >= 15 is 0 Å². The van der Waals surface area contributed by atoms with Crippen molar-refractivity contribution < 1.29 is 19.3 Å². The highest BCUT2D eigenvalue weighted by Gasteiger charge is 2.43. The number of rotatable bonds is 4. The van der Waals surface area contributed by atoms with Crippen molar-refractivity contribution in [3.05, 3.63) is 69.8 Å². The predicted octanol–water partition coefficient (Wildman–Crippen LogP) is 1.90. The molecular weight excluding hydrogens is 340 g/mol. The number of carbonyl (C=O) groups excluding carboxylic acids is 3. The van der Waals surface area contributed by atoms with Gasteiger partial charge in [-0.1, -0.05) is 12.1 Å². The lowest BCUT2D eigenvalue weighted by atomic mass is 9.92. The van der Waals surface area contributed by atoms with Gasteiger partial charge < -0.3 is 10.6 Å². The molecule has 1 saturated heterocycles. The molecule has 1 aliphatic rings. The fraction of sp³-hybridized carbons (Fsp3) is 0.118. The van der Waals surface area contributed by atoms with Gasteiger partial charge in [0.25, 0.3) is 17.5 Å². The normalized spacial score (nSPS) is 18.8. The summed E-state index contributed by atoms with van der Waals surface area (Å²) < 4.78 is 0. The third-order valence-electron chi connectivity index (χ3n) is 4.08. The maximum atomic E-state index is 12.3. The van der Waals surface area contributed by atoms with Gasteiger partial charge in [-0.05, 0) is 36.8 Å². The zero-order valence-corrected chi connectivity index (χ0v) is 13.6. The Bertz CT molecular complexity index is 925. The Morgan fingerprint density at radius 3 is 2.42 bits per heavy atom. The number of hydrogen-bond acceptors (Lipinski definition) is 5. The van der Waals surface area contributed by atoms with Crippen molar-refractivity contribution in [1.29, 1.82) is 0 Å². The Morgan fingerprint density at radius 2 is 1.85 bits per heavy atom. The fourth-order valence-corrected chi connectivity index (χ4v) is 2.59. The van der Waals surface area contributed by atoms with E-state index in [1.54, 1.807) is 31.2 Å². The summed E-state index contributed by atoms with van der Waals surface area (Å²) in [4.78, 5) is 45.8. The summed E-state index contributed by atoms with van der Waals surface area (Å²) >= 11 is 0. The van der Waals surface area contributed by atoms with Crippen LogP contribution in [-0.4, -0.2) is 22.8 Å². The van der Waals surface area contributed by atoms with E-state index in [2.05, 4.69) is 16.0 Å². The van der Waals surface area contributed by atoms with Crippen LogP contribution in [0.1, 0.15) is 22.8 Å². The Hall–Kier alpha value is -3.75. The number of nitrogens with zero attached hydrogens (tertiary/aromatic N) is 1. The van der Waals surface area contributed by atoms with Crippen LogP contribution in [0, 0.1) is 10.1 Å². The Labute approximate surface area is 147 Å². The standard InChI is InChI=1S/C17H14N4O5/c1-17(15(23)19-16(24)20-17)11-3-2-4-12(9-11)18-14(22)10-5-7-13(8-6-10)21(25)26/h2-9H,1H3,(H,18,22)(H2,19,20,23,24)/t17-/m0/s1. The van der Waals surface area contributed by atoms with E-state index in [0.717, 1.165) is 0 Å². The molecule has 1 heterocycles. The topological polar surface area (TPSA) is 130 Å². The van der Waals surface area contributed by atoms with Gasteiger partial charge in [-0.3, -0.25) is 25.0 Å². The second-order valence-corrected chi connectivity index (χ2v) is 5.87. The van der Waals surface area contributed by atoms with Crippen LogP contribution < -0.4 is 16.0 Å². The maximum Gasteiger partial charge on any atom is 0.322 e. The summed E-state index contributed by atoms with van der Waals surface area (Å²) in [6.07, 6.45) is 0. The number of amides is 4. The van der Waals surface area contributed by atoms with Crippen molar-refractivity contribution in [2.75, 3.05) is 5.32 Å². The Morgan fingerprint density at radius 1 is 1.15 bits per heavy atom. The van der Waals surface area contributed by atoms with Crippen LogP contribution in [0.2, 0.25) is 0 Å². The summed E-state index contributed by atoms with van der Waals surface area (Å²) in [6, 6.07) is 11.1. The smallest absolute Gasteiger partial charge is 0.322 e. The van der Waals surface area contributed by atoms with Crippen molar-refractivity contribution in [2.45, 2.75) is 12.5 Å². The molecule has 0 unspecified atom stereocenters. The van der Waals surface area contributed by atoms with Crippen molar-refractivity contribution in [2.24, 2.45) is 0 Å². The molecule has 9 heteroatoms. The van der Waals surface area contributed by atoms with Crippen LogP contribution in [0.4, 0.5) is 16.2 Å². The number of hydrogen-bond donors (Lipinski definition) is 3. The van der Waals surface area contributed by atoms with E-state index in [1.165, 1.54) is 24.3 Å². The quantitative estimate of drug-likeness (QED) is 0.438. The van der Waals surface area contributed by atoms with Crippen LogP contribution in [0.5, 0.6) is 0 Å². The first-order valence-corrected chi connectivity index (χ1v) is 7.59. The molecule has 3 rings (SSSR count). The Kier molecular flexibility index (Phi) is 4.13. The third-order valence-corrected chi connectivity index (χ3v) is 4.08. The number of urea groups is 1. The van der Waals surface area contributed by atoms with Gasteiger partial charge >= 0.3 is 6.03 Å². The van der Waals surface area contributed by atoms with E-state index in [9.17, 15) is 24.5 Å². The molecule has 2 aromatic rings. The predicted molar refractivity (Wildman–Crippen MR) is 91.5 cm³/mol. The highest BCUT2D eigenvalue weighted by molar-refractivity contribution is 6.07. The van der Waals surface area contributed by atoms with E-state index < -0.39 is 28.3 Å². The van der Waals surface area contributed by atoms with Gasteiger partial charge in [-0.2, -0.15) is 0 Å². The molecule has 0 spiro atoms. The minimum atomic E-state index is -1.23. The van der Waals surface area contributed by atoms with Gasteiger partial charge in [0.05, 0.1) is 4.92 Å². The lowest BCUT2D eigenvalue weighted by molar-refractivity contribution is -0.384. The number of non-ortho nitro benzene ring substituents is 1. The van der Waals surface area contributed by atoms with Crippen molar-refractivity contribution in [3.63, 3.8) is 0 Å². The number of nitro benzene ring substituents is 1. The molecule has 0 radical (unpaired) electrons. The molecule has 0 bridgehead atoms. The monoisotopic (exact) mass is 354 g/mol.